The fourth-order valence-electron chi connectivity index (χ4n) is 8.10. The maximum absolute atomic E-state index is 5.25. The zero-order valence-electron chi connectivity index (χ0n) is 32.9. The van der Waals surface area contributed by atoms with Gasteiger partial charge in [0.2, 0.25) is 0 Å². The first-order valence-electron chi connectivity index (χ1n) is 20.2. The van der Waals surface area contributed by atoms with Gasteiger partial charge in [0.1, 0.15) is 0 Å². The molecule has 0 amide bonds. The van der Waals surface area contributed by atoms with Crippen molar-refractivity contribution >= 4 is 34.7 Å². The van der Waals surface area contributed by atoms with Gasteiger partial charge in [0, 0.05) is 62.4 Å². The lowest BCUT2D eigenvalue weighted by Crippen LogP contribution is -2.01. The summed E-state index contributed by atoms with van der Waals surface area (Å²) in [5.74, 6) is 1.76. The van der Waals surface area contributed by atoms with Crippen LogP contribution in [0.3, 0.4) is 0 Å². The van der Waals surface area contributed by atoms with E-state index in [1.54, 1.807) is 12.4 Å². The van der Waals surface area contributed by atoms with Gasteiger partial charge in [-0.15, -0.1) is 0 Å². The molecule has 0 saturated carbocycles. The molecule has 10 aromatic rings. The van der Waals surface area contributed by atoms with Crippen LogP contribution in [0.4, 0.5) is 0 Å². The highest BCUT2D eigenvalue weighted by molar-refractivity contribution is 7.99. The summed E-state index contributed by atoms with van der Waals surface area (Å²) >= 11 is 1.83. The summed E-state index contributed by atoms with van der Waals surface area (Å²) in [7, 11) is 0. The number of benzene rings is 7. The number of pyridine rings is 2. The minimum Gasteiger partial charge on any atom is -0.264 e. The van der Waals surface area contributed by atoms with Crippen molar-refractivity contribution in [1.29, 1.82) is 0 Å². The Labute approximate surface area is 358 Å². The number of nitrogens with zero attached hydrogens (tertiary/aromatic N) is 5. The Balaban J connectivity index is 1.13. The average molecular weight is 798 g/mol. The molecule has 1 aliphatic heterocycles. The number of hydrogen-bond donors (Lipinski definition) is 0. The molecule has 286 valence electrons. The Morgan fingerprint density at radius 2 is 0.902 bits per heavy atom. The number of hydrogen-bond acceptors (Lipinski definition) is 6. The molecular weight excluding hydrogens is 763 g/mol. The van der Waals surface area contributed by atoms with Crippen LogP contribution >= 0.6 is 11.8 Å². The summed E-state index contributed by atoms with van der Waals surface area (Å²) < 4.78 is 0. The topological polar surface area (TPSA) is 64.5 Å². The molecule has 0 N–H and O–H groups in total. The van der Waals surface area contributed by atoms with E-state index in [2.05, 4.69) is 174 Å². The first kappa shape index (κ1) is 36.3. The highest BCUT2D eigenvalue weighted by Crippen LogP contribution is 2.47. The van der Waals surface area contributed by atoms with E-state index in [4.69, 9.17) is 15.0 Å². The van der Waals surface area contributed by atoms with Gasteiger partial charge in [-0.2, -0.15) is 0 Å². The Morgan fingerprint density at radius 1 is 0.344 bits per heavy atom. The van der Waals surface area contributed by atoms with Crippen LogP contribution < -0.4 is 0 Å². The molecule has 1 aliphatic rings. The standard InChI is InChI=1S/C55H35N5S/c1-3-19-46-36(11-1)23-24-38-25-26-43(33-50(38)49-28-27-37-12-2-4-20-47(37)52(49)61-51-22-6-5-21-48(46)51)55-59-53(41-15-7-13-39(31-41)44-17-9-29-56-34-44)58-54(60-55)42-16-8-14-40(32-42)45-18-10-30-57-35-45/h1-35H. The van der Waals surface area contributed by atoms with E-state index < -0.39 is 0 Å². The van der Waals surface area contributed by atoms with Crippen LogP contribution in [0.1, 0.15) is 11.1 Å². The molecule has 6 heteroatoms. The molecule has 5 nitrogen and oxygen atoms in total. The highest BCUT2D eigenvalue weighted by Gasteiger charge is 2.20. The van der Waals surface area contributed by atoms with E-state index in [0.717, 1.165) is 61.2 Å². The normalized spacial score (nSPS) is 11.8. The molecule has 0 radical (unpaired) electrons. The largest absolute Gasteiger partial charge is 0.264 e. The Kier molecular flexibility index (Phi) is 9.37. The fourth-order valence-corrected chi connectivity index (χ4v) is 9.34. The SMILES string of the molecule is C1=Cc2ccc(-c3nc(-c4cccc(-c5cccnc5)c4)nc(-c4cccc(-c5cccnc5)c4)n3)cc2-c2ccc3ccccc3c2Sc2ccccc2-c2ccccc21. The molecule has 0 fully saturated rings. The lowest BCUT2D eigenvalue weighted by atomic mass is 9.93. The predicted molar refractivity (Wildman–Crippen MR) is 250 cm³/mol. The molecule has 3 aromatic heterocycles. The summed E-state index contributed by atoms with van der Waals surface area (Å²) in [5.41, 5.74) is 13.7. The van der Waals surface area contributed by atoms with Crippen molar-refractivity contribution in [3.63, 3.8) is 0 Å². The van der Waals surface area contributed by atoms with Gasteiger partial charge >= 0.3 is 0 Å². The van der Waals surface area contributed by atoms with E-state index in [0.29, 0.717) is 17.5 Å². The van der Waals surface area contributed by atoms with Crippen LogP contribution in [0.2, 0.25) is 0 Å². The minimum absolute atomic E-state index is 0.587. The second kappa shape index (κ2) is 15.8. The molecule has 0 spiro atoms. The summed E-state index contributed by atoms with van der Waals surface area (Å²) in [4.78, 5) is 26.8. The predicted octanol–water partition coefficient (Wildman–Crippen LogP) is 14.1. The monoisotopic (exact) mass is 797 g/mol. The average Bonchev–Trinajstić information content (AvgIpc) is 3.36. The van der Waals surface area contributed by atoms with Crippen molar-refractivity contribution < 1.29 is 0 Å². The van der Waals surface area contributed by atoms with Crippen LogP contribution in [0.25, 0.3) is 102 Å². The molecule has 0 atom stereocenters. The van der Waals surface area contributed by atoms with E-state index in [1.165, 1.54) is 31.7 Å². The first-order valence-corrected chi connectivity index (χ1v) is 21.0. The van der Waals surface area contributed by atoms with Crippen LogP contribution in [0.15, 0.2) is 211 Å². The lowest BCUT2D eigenvalue weighted by Gasteiger charge is -2.17. The second-order valence-electron chi connectivity index (χ2n) is 14.9. The smallest absolute Gasteiger partial charge is 0.164 e. The van der Waals surface area contributed by atoms with E-state index in [1.807, 2.05) is 48.4 Å². The molecule has 0 bridgehead atoms. The molecule has 0 unspecified atom stereocenters. The zero-order valence-corrected chi connectivity index (χ0v) is 33.7. The summed E-state index contributed by atoms with van der Waals surface area (Å²) in [6.45, 7) is 0. The van der Waals surface area contributed by atoms with Crippen molar-refractivity contribution in [2.75, 3.05) is 0 Å². The number of rotatable bonds is 5. The third-order valence-electron chi connectivity index (χ3n) is 11.1. The molecule has 4 heterocycles. The number of fused-ring (bicyclic) bond motifs is 8. The van der Waals surface area contributed by atoms with Gasteiger partial charge in [-0.1, -0.05) is 163 Å². The summed E-state index contributed by atoms with van der Waals surface area (Å²) in [6, 6.07) is 61.8. The first-order chi connectivity index (χ1) is 30.2. The lowest BCUT2D eigenvalue weighted by molar-refractivity contribution is 1.07. The molecule has 0 saturated heterocycles. The molecule has 61 heavy (non-hydrogen) atoms. The second-order valence-corrected chi connectivity index (χ2v) is 16.0. The molecule has 7 aromatic carbocycles. The van der Waals surface area contributed by atoms with Crippen molar-refractivity contribution in [2.24, 2.45) is 0 Å². The van der Waals surface area contributed by atoms with Crippen molar-refractivity contribution in [3.05, 3.63) is 212 Å². The van der Waals surface area contributed by atoms with Crippen LogP contribution in [0.5, 0.6) is 0 Å². The molecule has 0 aliphatic carbocycles. The van der Waals surface area contributed by atoms with E-state index >= 15 is 0 Å². The van der Waals surface area contributed by atoms with Gasteiger partial charge in [0.15, 0.2) is 17.5 Å². The minimum atomic E-state index is 0.587. The van der Waals surface area contributed by atoms with Gasteiger partial charge < -0.3 is 0 Å². The third kappa shape index (κ3) is 7.09. The maximum Gasteiger partial charge on any atom is 0.164 e. The van der Waals surface area contributed by atoms with Gasteiger partial charge in [0.05, 0.1) is 0 Å². The molecular formula is C55H35N5S. The quantitative estimate of drug-likeness (QED) is 0.173. The highest BCUT2D eigenvalue weighted by atomic mass is 32.2. The molecule has 11 rings (SSSR count). The summed E-state index contributed by atoms with van der Waals surface area (Å²) in [5, 5.41) is 2.41. The Hall–Kier alpha value is -7.80. The van der Waals surface area contributed by atoms with Gasteiger partial charge in [-0.3, -0.25) is 9.97 Å². The van der Waals surface area contributed by atoms with Crippen molar-refractivity contribution in [2.45, 2.75) is 9.79 Å². The Morgan fingerprint density at radius 3 is 1.57 bits per heavy atom. The van der Waals surface area contributed by atoms with E-state index in [9.17, 15) is 0 Å². The van der Waals surface area contributed by atoms with Crippen molar-refractivity contribution in [1.82, 2.24) is 24.9 Å². The number of aromatic nitrogens is 5. The van der Waals surface area contributed by atoms with E-state index in [-0.39, 0.29) is 0 Å². The van der Waals surface area contributed by atoms with Crippen molar-refractivity contribution in [3.8, 4) is 78.7 Å². The van der Waals surface area contributed by atoms with Crippen LogP contribution in [-0.2, 0) is 0 Å². The maximum atomic E-state index is 5.25. The van der Waals surface area contributed by atoms with Crippen LogP contribution in [0, 0.1) is 0 Å². The van der Waals surface area contributed by atoms with Gasteiger partial charge in [-0.05, 0) is 91.7 Å². The third-order valence-corrected chi connectivity index (χ3v) is 12.4. The Bertz CT molecular complexity index is 3190. The van der Waals surface area contributed by atoms with Gasteiger partial charge in [-0.25, -0.2) is 15.0 Å². The summed E-state index contributed by atoms with van der Waals surface area (Å²) in [6.07, 6.45) is 11.8. The zero-order chi connectivity index (χ0) is 40.5. The van der Waals surface area contributed by atoms with Gasteiger partial charge in [0.25, 0.3) is 0 Å². The van der Waals surface area contributed by atoms with Crippen LogP contribution in [-0.4, -0.2) is 24.9 Å². The fraction of sp³-hybridized carbons (Fsp3) is 0.